The quantitative estimate of drug-likeness (QED) is 0.383. The topological polar surface area (TPSA) is 190 Å². The van der Waals surface area contributed by atoms with E-state index in [0.29, 0.717) is 6.42 Å². The van der Waals surface area contributed by atoms with Gasteiger partial charge in [-0.3, -0.25) is 14.4 Å². The van der Waals surface area contributed by atoms with E-state index in [9.17, 15) is 14.4 Å². The van der Waals surface area contributed by atoms with Crippen LogP contribution in [0, 0.1) is 0 Å². The summed E-state index contributed by atoms with van der Waals surface area (Å²) in [6.45, 7) is -0.556. The summed E-state index contributed by atoms with van der Waals surface area (Å²) in [7, 11) is 0. The normalized spacial score (nSPS) is 10.1. The summed E-state index contributed by atoms with van der Waals surface area (Å²) in [4.78, 5) is 28.9. The van der Waals surface area contributed by atoms with E-state index in [2.05, 4.69) is 11.5 Å². The molecule has 0 saturated carbocycles. The fourth-order valence-electron chi connectivity index (χ4n) is 0.955. The van der Waals surface area contributed by atoms with Crippen LogP contribution < -0.4 is 17.2 Å². The highest BCUT2D eigenvalue weighted by atomic mass is 16.4. The lowest BCUT2D eigenvalue weighted by Crippen LogP contribution is -2.32. The molecule has 22 heavy (non-hydrogen) atoms. The molecule has 0 spiro atoms. The maximum Gasteiger partial charge on any atom is 0.320 e. The van der Waals surface area contributed by atoms with Gasteiger partial charge >= 0.3 is 17.9 Å². The lowest BCUT2D eigenvalue weighted by atomic mass is 10.1. The number of nitrogens with two attached hydrogens (primary N) is 3. The van der Waals surface area contributed by atoms with Gasteiger partial charge in [-0.25, -0.2) is 0 Å². The van der Waals surface area contributed by atoms with Crippen molar-refractivity contribution in [2.45, 2.75) is 12.5 Å². The zero-order valence-corrected chi connectivity index (χ0v) is 11.9. The van der Waals surface area contributed by atoms with Gasteiger partial charge in [-0.2, -0.15) is 0 Å². The lowest BCUT2D eigenvalue weighted by molar-refractivity contribution is -0.138. The standard InChI is InChI=1S/C9H11NO2.2C2H5NO2/c10-8(9(11)12)6-7-4-2-1-3-5-7;2*3-1-2(4)5/h1-5,8H,6,10H2,(H,11,12);2*1,3H2,(H,4,5)/t8-;;/m0../s1. The minimum Gasteiger partial charge on any atom is -0.480 e. The first-order valence-corrected chi connectivity index (χ1v) is 6.10. The molecule has 0 amide bonds. The van der Waals surface area contributed by atoms with Crippen molar-refractivity contribution in [1.82, 2.24) is 0 Å². The molecule has 1 atom stereocenters. The van der Waals surface area contributed by atoms with Crippen molar-refractivity contribution in [3.05, 3.63) is 35.9 Å². The Bertz CT molecular complexity index is 438. The Labute approximate surface area is 127 Å². The van der Waals surface area contributed by atoms with E-state index >= 15 is 0 Å². The van der Waals surface area contributed by atoms with Gasteiger partial charge in [0.15, 0.2) is 0 Å². The number of rotatable bonds is 5. The summed E-state index contributed by atoms with van der Waals surface area (Å²) in [6, 6.07) is 8.54. The average molecular weight is 315 g/mol. The molecule has 0 heterocycles. The van der Waals surface area contributed by atoms with Gasteiger partial charge in [0.05, 0.1) is 13.1 Å². The van der Waals surface area contributed by atoms with Gasteiger partial charge < -0.3 is 32.5 Å². The molecule has 0 unspecified atom stereocenters. The van der Waals surface area contributed by atoms with E-state index in [0.717, 1.165) is 5.56 Å². The molecule has 1 rings (SSSR count). The zero-order valence-electron chi connectivity index (χ0n) is 11.9. The molecule has 1 aromatic carbocycles. The van der Waals surface area contributed by atoms with E-state index < -0.39 is 23.9 Å². The van der Waals surface area contributed by atoms with Crippen molar-refractivity contribution in [3.8, 4) is 0 Å². The highest BCUT2D eigenvalue weighted by molar-refractivity contribution is 5.73. The molecule has 1 aromatic rings. The van der Waals surface area contributed by atoms with Crippen LogP contribution in [-0.4, -0.2) is 52.4 Å². The first kappa shape index (κ1) is 21.8. The molecule has 0 aromatic heterocycles. The van der Waals surface area contributed by atoms with Crippen LogP contribution in [0.2, 0.25) is 0 Å². The lowest BCUT2D eigenvalue weighted by Gasteiger charge is -2.04. The van der Waals surface area contributed by atoms with Crippen LogP contribution in [0.15, 0.2) is 30.3 Å². The summed E-state index contributed by atoms with van der Waals surface area (Å²) in [5.74, 6) is -2.89. The smallest absolute Gasteiger partial charge is 0.320 e. The largest absolute Gasteiger partial charge is 0.480 e. The van der Waals surface area contributed by atoms with Crippen LogP contribution in [0.5, 0.6) is 0 Å². The number of carbonyl (C=O) groups is 3. The first-order valence-electron chi connectivity index (χ1n) is 6.10. The molecule has 9 heteroatoms. The summed E-state index contributed by atoms with van der Waals surface area (Å²) in [5.41, 5.74) is 15.4. The second-order valence-electron chi connectivity index (χ2n) is 3.83. The maximum absolute atomic E-state index is 10.4. The number of benzene rings is 1. The molecule has 0 aliphatic rings. The van der Waals surface area contributed by atoms with Gasteiger partial charge in [-0.05, 0) is 12.0 Å². The van der Waals surface area contributed by atoms with Crippen LogP contribution in [0.1, 0.15) is 5.56 Å². The van der Waals surface area contributed by atoms with Crippen LogP contribution >= 0.6 is 0 Å². The van der Waals surface area contributed by atoms with Crippen molar-refractivity contribution >= 4 is 17.9 Å². The van der Waals surface area contributed by atoms with Crippen LogP contribution in [0.3, 0.4) is 0 Å². The van der Waals surface area contributed by atoms with E-state index in [-0.39, 0.29) is 13.1 Å². The molecule has 0 aliphatic heterocycles. The molecule has 0 saturated heterocycles. The molecule has 0 radical (unpaired) electrons. The Morgan fingerprint density at radius 1 is 0.909 bits per heavy atom. The summed E-state index contributed by atoms with van der Waals surface area (Å²) in [5, 5.41) is 23.7. The fraction of sp³-hybridized carbons (Fsp3) is 0.308. The van der Waals surface area contributed by atoms with Crippen LogP contribution in [-0.2, 0) is 20.8 Å². The zero-order chi connectivity index (χ0) is 17.5. The Balaban J connectivity index is 0. The van der Waals surface area contributed by atoms with Gasteiger partial charge in [0.25, 0.3) is 0 Å². The number of hydrogen-bond donors (Lipinski definition) is 6. The van der Waals surface area contributed by atoms with E-state index in [1.807, 2.05) is 30.3 Å². The van der Waals surface area contributed by atoms with E-state index in [4.69, 9.17) is 21.1 Å². The highest BCUT2D eigenvalue weighted by Crippen LogP contribution is 2.01. The highest BCUT2D eigenvalue weighted by Gasteiger charge is 2.10. The Morgan fingerprint density at radius 3 is 1.55 bits per heavy atom. The third-order valence-electron chi connectivity index (χ3n) is 1.96. The molecule has 0 bridgehead atoms. The Kier molecular flexibility index (Phi) is 13.4. The minimum absolute atomic E-state index is 0.278. The minimum atomic E-state index is -0.968. The second kappa shape index (κ2) is 13.5. The molecule has 124 valence electrons. The Hall–Kier alpha value is -2.49. The SMILES string of the molecule is NCC(=O)O.NCC(=O)O.N[C@@H](Cc1ccccc1)C(=O)O. The molecule has 9 nitrogen and oxygen atoms in total. The first-order chi connectivity index (χ1) is 10.2. The van der Waals surface area contributed by atoms with Gasteiger partial charge in [-0.1, -0.05) is 30.3 Å². The van der Waals surface area contributed by atoms with Gasteiger partial charge in [0, 0.05) is 0 Å². The monoisotopic (exact) mass is 315 g/mol. The molecule has 0 aliphatic carbocycles. The summed E-state index contributed by atoms with van der Waals surface area (Å²) in [6.07, 6.45) is 0.385. The summed E-state index contributed by atoms with van der Waals surface area (Å²) < 4.78 is 0. The van der Waals surface area contributed by atoms with Gasteiger partial charge in [-0.15, -0.1) is 0 Å². The van der Waals surface area contributed by atoms with E-state index in [1.165, 1.54) is 0 Å². The van der Waals surface area contributed by atoms with Crippen molar-refractivity contribution in [2.24, 2.45) is 17.2 Å². The number of aliphatic carboxylic acids is 3. The Morgan fingerprint density at radius 2 is 1.27 bits per heavy atom. The molecule has 0 fully saturated rings. The molecular formula is C13H21N3O6. The number of carboxylic acids is 3. The third kappa shape index (κ3) is 15.6. The van der Waals surface area contributed by atoms with Crippen LogP contribution in [0.4, 0.5) is 0 Å². The predicted molar refractivity (Wildman–Crippen MR) is 79.1 cm³/mol. The predicted octanol–water partition coefficient (Wildman–Crippen LogP) is -1.30. The maximum atomic E-state index is 10.4. The number of hydrogen-bond acceptors (Lipinski definition) is 6. The van der Waals surface area contributed by atoms with E-state index in [1.54, 1.807) is 0 Å². The average Bonchev–Trinajstić information content (AvgIpc) is 2.49. The van der Waals surface area contributed by atoms with Crippen molar-refractivity contribution in [1.29, 1.82) is 0 Å². The van der Waals surface area contributed by atoms with Crippen molar-refractivity contribution < 1.29 is 29.7 Å². The van der Waals surface area contributed by atoms with Gasteiger partial charge in [0.1, 0.15) is 6.04 Å². The number of carboxylic acid groups (broad SMARTS) is 3. The second-order valence-corrected chi connectivity index (χ2v) is 3.83. The van der Waals surface area contributed by atoms with Gasteiger partial charge in [0.2, 0.25) is 0 Å². The fourth-order valence-corrected chi connectivity index (χ4v) is 0.955. The third-order valence-corrected chi connectivity index (χ3v) is 1.96. The van der Waals surface area contributed by atoms with Crippen molar-refractivity contribution in [2.75, 3.05) is 13.1 Å². The van der Waals surface area contributed by atoms with Crippen LogP contribution in [0.25, 0.3) is 0 Å². The molecular weight excluding hydrogens is 294 g/mol. The summed E-state index contributed by atoms with van der Waals surface area (Å²) >= 11 is 0. The van der Waals surface area contributed by atoms with Crippen molar-refractivity contribution in [3.63, 3.8) is 0 Å². The molecule has 9 N–H and O–H groups in total.